The van der Waals surface area contributed by atoms with Crippen molar-refractivity contribution in [2.45, 2.75) is 69.7 Å². The maximum absolute atomic E-state index is 13.3. The van der Waals surface area contributed by atoms with Gasteiger partial charge in [0.2, 0.25) is 10.0 Å². The number of hydrogen-bond donors (Lipinski definition) is 1. The van der Waals surface area contributed by atoms with Crippen molar-refractivity contribution in [2.75, 3.05) is 0 Å². The minimum absolute atomic E-state index is 0.204. The van der Waals surface area contributed by atoms with Crippen molar-refractivity contribution in [2.24, 2.45) is 16.7 Å². The van der Waals surface area contributed by atoms with Gasteiger partial charge >= 0.3 is 0 Å². The highest BCUT2D eigenvalue weighted by Gasteiger charge is 2.61. The summed E-state index contributed by atoms with van der Waals surface area (Å²) in [7, 11) is -3.64. The number of sulfonamides is 1. The standard InChI is InChI=1S/C19H26FNO2S/c1-13-6-15(20)4-5-16(13)24(22,23)21-19-9-14-7-17(2,11-19)10-18(3,8-14)12-19/h4-6,14,21H,7-12H2,1-3H3. The van der Waals surface area contributed by atoms with E-state index in [4.69, 9.17) is 0 Å². The maximum atomic E-state index is 13.3. The zero-order chi connectivity index (χ0) is 17.4. The van der Waals surface area contributed by atoms with E-state index in [0.29, 0.717) is 11.5 Å². The quantitative estimate of drug-likeness (QED) is 0.889. The normalized spacial score (nSPS) is 40.9. The SMILES string of the molecule is Cc1cc(F)ccc1S(=O)(=O)NC12CC3CC(C)(CC(C)(C3)C1)C2. The van der Waals surface area contributed by atoms with Gasteiger partial charge in [-0.05, 0) is 86.0 Å². The van der Waals surface area contributed by atoms with Gasteiger partial charge in [-0.3, -0.25) is 0 Å². The summed E-state index contributed by atoms with van der Waals surface area (Å²) in [6.07, 6.45) is 6.44. The Morgan fingerprint density at radius 3 is 2.25 bits per heavy atom. The summed E-state index contributed by atoms with van der Waals surface area (Å²) in [6, 6.07) is 3.90. The Morgan fingerprint density at radius 1 is 1.08 bits per heavy atom. The molecule has 4 aliphatic rings. The largest absolute Gasteiger partial charge is 0.241 e. The molecule has 4 saturated carbocycles. The average Bonchev–Trinajstić information content (AvgIpc) is 2.31. The van der Waals surface area contributed by atoms with E-state index < -0.39 is 15.8 Å². The van der Waals surface area contributed by atoms with E-state index in [1.54, 1.807) is 6.92 Å². The Kier molecular flexibility index (Phi) is 3.32. The van der Waals surface area contributed by atoms with Crippen LogP contribution in [-0.4, -0.2) is 14.0 Å². The number of rotatable bonds is 3. The van der Waals surface area contributed by atoms with E-state index in [-0.39, 0.29) is 21.3 Å². The summed E-state index contributed by atoms with van der Waals surface area (Å²) in [5.41, 5.74) is 0.621. The summed E-state index contributed by atoms with van der Waals surface area (Å²) >= 11 is 0. The lowest BCUT2D eigenvalue weighted by Crippen LogP contribution is -2.65. The maximum Gasteiger partial charge on any atom is 0.241 e. The Hall–Kier alpha value is -0.940. The number of halogens is 1. The third-order valence-corrected chi connectivity index (χ3v) is 8.14. The molecule has 24 heavy (non-hydrogen) atoms. The van der Waals surface area contributed by atoms with Gasteiger partial charge in [0, 0.05) is 5.54 Å². The molecule has 0 radical (unpaired) electrons. The van der Waals surface area contributed by atoms with Crippen LogP contribution in [0.5, 0.6) is 0 Å². The number of aryl methyl sites for hydroxylation is 1. The Labute approximate surface area is 144 Å². The lowest BCUT2D eigenvalue weighted by atomic mass is 9.43. The van der Waals surface area contributed by atoms with E-state index in [2.05, 4.69) is 18.6 Å². The van der Waals surface area contributed by atoms with Crippen molar-refractivity contribution in [3.05, 3.63) is 29.6 Å². The van der Waals surface area contributed by atoms with Gasteiger partial charge in [-0.1, -0.05) is 13.8 Å². The Morgan fingerprint density at radius 2 is 1.71 bits per heavy atom. The molecule has 4 bridgehead atoms. The second-order valence-corrected chi connectivity index (χ2v) is 11.1. The van der Waals surface area contributed by atoms with Gasteiger partial charge < -0.3 is 0 Å². The molecule has 1 aromatic rings. The van der Waals surface area contributed by atoms with Crippen molar-refractivity contribution < 1.29 is 12.8 Å². The molecule has 0 aromatic heterocycles. The summed E-state index contributed by atoms with van der Waals surface area (Å²) in [5.74, 6) is 0.217. The van der Waals surface area contributed by atoms with Crippen LogP contribution in [0, 0.1) is 29.5 Å². The van der Waals surface area contributed by atoms with Crippen LogP contribution in [0.15, 0.2) is 23.1 Å². The zero-order valence-electron chi connectivity index (χ0n) is 14.7. The van der Waals surface area contributed by atoms with Crippen molar-refractivity contribution in [3.8, 4) is 0 Å². The molecular weight excluding hydrogens is 325 g/mol. The van der Waals surface area contributed by atoms with Crippen LogP contribution in [0.25, 0.3) is 0 Å². The lowest BCUT2D eigenvalue weighted by Gasteiger charge is -2.65. The first-order chi connectivity index (χ1) is 11.0. The molecule has 1 N–H and O–H groups in total. The first-order valence-corrected chi connectivity index (χ1v) is 10.3. The molecule has 5 rings (SSSR count). The average molecular weight is 351 g/mol. The van der Waals surface area contributed by atoms with Crippen LogP contribution in [0.1, 0.15) is 57.9 Å². The van der Waals surface area contributed by atoms with Crippen LogP contribution in [0.3, 0.4) is 0 Å². The van der Waals surface area contributed by atoms with E-state index in [0.717, 1.165) is 19.3 Å². The topological polar surface area (TPSA) is 46.2 Å². The second-order valence-electron chi connectivity index (χ2n) is 9.43. The lowest BCUT2D eigenvalue weighted by molar-refractivity contribution is -0.110. The number of benzene rings is 1. The van der Waals surface area contributed by atoms with Crippen LogP contribution in [-0.2, 0) is 10.0 Å². The smallest absolute Gasteiger partial charge is 0.207 e. The van der Waals surface area contributed by atoms with Crippen molar-refractivity contribution in [1.29, 1.82) is 0 Å². The molecule has 4 aliphatic carbocycles. The summed E-state index contributed by atoms with van der Waals surface area (Å²) in [4.78, 5) is 0.204. The molecule has 132 valence electrons. The fourth-order valence-corrected chi connectivity index (χ4v) is 8.45. The molecule has 2 unspecified atom stereocenters. The highest BCUT2D eigenvalue weighted by atomic mass is 32.2. The molecule has 5 heteroatoms. The first-order valence-electron chi connectivity index (χ1n) is 8.83. The summed E-state index contributed by atoms with van der Waals surface area (Å²) < 4.78 is 42.5. The molecule has 3 nitrogen and oxygen atoms in total. The molecule has 1 aromatic carbocycles. The molecule has 0 heterocycles. The van der Waals surface area contributed by atoms with Crippen molar-refractivity contribution in [3.63, 3.8) is 0 Å². The molecule has 2 atom stereocenters. The second kappa shape index (κ2) is 4.82. The highest BCUT2D eigenvalue weighted by Crippen LogP contribution is 2.66. The molecular formula is C19H26FNO2S. The van der Waals surface area contributed by atoms with Crippen LogP contribution >= 0.6 is 0 Å². The van der Waals surface area contributed by atoms with Crippen LogP contribution in [0.2, 0.25) is 0 Å². The van der Waals surface area contributed by atoms with Gasteiger partial charge in [-0.15, -0.1) is 0 Å². The van der Waals surface area contributed by atoms with Gasteiger partial charge in [-0.25, -0.2) is 17.5 Å². The van der Waals surface area contributed by atoms with Gasteiger partial charge in [-0.2, -0.15) is 0 Å². The van der Waals surface area contributed by atoms with E-state index in [1.807, 2.05) is 0 Å². The minimum atomic E-state index is -3.64. The first kappa shape index (κ1) is 16.5. The molecule has 0 spiro atoms. The van der Waals surface area contributed by atoms with E-state index in [9.17, 15) is 12.8 Å². The predicted octanol–water partition coefficient (Wildman–Crippen LogP) is 4.16. The van der Waals surface area contributed by atoms with Crippen molar-refractivity contribution >= 4 is 10.0 Å². The molecule has 0 aliphatic heterocycles. The van der Waals surface area contributed by atoms with Crippen molar-refractivity contribution in [1.82, 2.24) is 4.72 Å². The fraction of sp³-hybridized carbons (Fsp3) is 0.684. The van der Waals surface area contributed by atoms with Gasteiger partial charge in [0.05, 0.1) is 4.90 Å². The Balaban J connectivity index is 1.69. The fourth-order valence-electron chi connectivity index (χ4n) is 6.82. The Bertz CT molecular complexity index is 786. The highest BCUT2D eigenvalue weighted by molar-refractivity contribution is 7.89. The van der Waals surface area contributed by atoms with Gasteiger partial charge in [0.25, 0.3) is 0 Å². The molecule has 0 saturated heterocycles. The summed E-state index contributed by atoms with van der Waals surface area (Å²) in [6.45, 7) is 6.30. The zero-order valence-corrected chi connectivity index (χ0v) is 15.5. The number of hydrogen-bond acceptors (Lipinski definition) is 2. The van der Waals surface area contributed by atoms with Crippen LogP contribution < -0.4 is 4.72 Å². The predicted molar refractivity (Wildman–Crippen MR) is 91.6 cm³/mol. The van der Waals surface area contributed by atoms with Gasteiger partial charge in [0.15, 0.2) is 0 Å². The molecule has 0 amide bonds. The van der Waals surface area contributed by atoms with E-state index >= 15 is 0 Å². The molecule has 4 fully saturated rings. The minimum Gasteiger partial charge on any atom is -0.207 e. The van der Waals surface area contributed by atoms with E-state index in [1.165, 1.54) is 37.5 Å². The summed E-state index contributed by atoms with van der Waals surface area (Å²) in [5, 5.41) is 0. The van der Waals surface area contributed by atoms with Gasteiger partial charge in [0.1, 0.15) is 5.82 Å². The van der Waals surface area contributed by atoms with Crippen LogP contribution in [0.4, 0.5) is 4.39 Å². The monoisotopic (exact) mass is 351 g/mol. The number of nitrogens with one attached hydrogen (secondary N) is 1. The third-order valence-electron chi connectivity index (χ3n) is 6.40. The third kappa shape index (κ3) is 2.60.